The van der Waals surface area contributed by atoms with Crippen molar-refractivity contribution in [2.45, 2.75) is 39.7 Å². The van der Waals surface area contributed by atoms with Crippen LogP contribution in [0.1, 0.15) is 44.4 Å². The Kier molecular flexibility index (Phi) is 5.85. The summed E-state index contributed by atoms with van der Waals surface area (Å²) in [7, 11) is 1.92. The molecule has 1 N–H and O–H groups in total. The minimum atomic E-state index is -0.153. The second kappa shape index (κ2) is 7.16. The zero-order valence-electron chi connectivity index (χ0n) is 11.7. The van der Waals surface area contributed by atoms with Crippen molar-refractivity contribution in [2.75, 3.05) is 13.2 Å². The number of esters is 1. The van der Waals surface area contributed by atoms with Crippen LogP contribution in [-0.4, -0.2) is 28.9 Å². The highest BCUT2D eigenvalue weighted by atomic mass is 16.5. The number of aryl methyl sites for hydroxylation is 1. The van der Waals surface area contributed by atoms with Crippen molar-refractivity contribution in [2.24, 2.45) is 7.05 Å². The van der Waals surface area contributed by atoms with Crippen molar-refractivity contribution < 1.29 is 9.53 Å². The SMILES string of the molecule is CCOC(=O)CCNCc1cn(C)nc1C(C)C. The molecule has 0 atom stereocenters. The van der Waals surface area contributed by atoms with Gasteiger partial charge in [0.2, 0.25) is 0 Å². The fourth-order valence-corrected chi connectivity index (χ4v) is 1.82. The predicted octanol–water partition coefficient (Wildman–Crippen LogP) is 1.59. The molecule has 1 heterocycles. The van der Waals surface area contributed by atoms with E-state index >= 15 is 0 Å². The highest BCUT2D eigenvalue weighted by Crippen LogP contribution is 2.16. The maximum absolute atomic E-state index is 11.2. The van der Waals surface area contributed by atoms with Gasteiger partial charge < -0.3 is 10.1 Å². The second-order valence-corrected chi connectivity index (χ2v) is 4.60. The van der Waals surface area contributed by atoms with Crippen molar-refractivity contribution >= 4 is 5.97 Å². The molecule has 0 unspecified atom stereocenters. The van der Waals surface area contributed by atoms with E-state index in [1.165, 1.54) is 5.56 Å². The Balaban J connectivity index is 2.37. The van der Waals surface area contributed by atoms with Crippen LogP contribution in [0, 0.1) is 0 Å². The molecule has 5 heteroatoms. The lowest BCUT2D eigenvalue weighted by Gasteiger charge is -2.06. The molecule has 0 spiro atoms. The zero-order valence-corrected chi connectivity index (χ0v) is 11.7. The lowest BCUT2D eigenvalue weighted by molar-refractivity contribution is -0.142. The molecule has 0 aromatic carbocycles. The normalized spacial score (nSPS) is 10.9. The summed E-state index contributed by atoms with van der Waals surface area (Å²) < 4.78 is 6.70. The van der Waals surface area contributed by atoms with Gasteiger partial charge in [-0.1, -0.05) is 13.8 Å². The van der Waals surface area contributed by atoms with Gasteiger partial charge in [-0.05, 0) is 12.8 Å². The summed E-state index contributed by atoms with van der Waals surface area (Å²) in [5, 5.41) is 7.68. The smallest absolute Gasteiger partial charge is 0.307 e. The third kappa shape index (κ3) is 4.49. The molecule has 1 rings (SSSR count). The number of ether oxygens (including phenoxy) is 1. The summed E-state index contributed by atoms with van der Waals surface area (Å²) in [6, 6.07) is 0. The highest BCUT2D eigenvalue weighted by Gasteiger charge is 2.10. The number of carbonyl (C=O) groups excluding carboxylic acids is 1. The first kappa shape index (κ1) is 14.7. The first-order valence-electron chi connectivity index (χ1n) is 6.43. The summed E-state index contributed by atoms with van der Waals surface area (Å²) in [5.41, 5.74) is 2.30. The van der Waals surface area contributed by atoms with E-state index in [1.54, 1.807) is 0 Å². The molecule has 0 bridgehead atoms. The predicted molar refractivity (Wildman–Crippen MR) is 70.3 cm³/mol. The van der Waals surface area contributed by atoms with Gasteiger partial charge in [-0.2, -0.15) is 5.10 Å². The molecule has 1 aromatic rings. The van der Waals surface area contributed by atoms with Crippen LogP contribution in [0.3, 0.4) is 0 Å². The van der Waals surface area contributed by atoms with E-state index in [9.17, 15) is 4.79 Å². The van der Waals surface area contributed by atoms with Crippen LogP contribution in [0.4, 0.5) is 0 Å². The molecule has 5 nitrogen and oxygen atoms in total. The number of aromatic nitrogens is 2. The first-order chi connectivity index (χ1) is 8.54. The van der Waals surface area contributed by atoms with Gasteiger partial charge in [0.15, 0.2) is 0 Å². The van der Waals surface area contributed by atoms with Crippen LogP contribution in [0.25, 0.3) is 0 Å². The molecule has 0 saturated heterocycles. The summed E-state index contributed by atoms with van der Waals surface area (Å²) in [6.07, 6.45) is 2.43. The highest BCUT2D eigenvalue weighted by molar-refractivity contribution is 5.69. The molecule has 0 aliphatic carbocycles. The maximum Gasteiger partial charge on any atom is 0.307 e. The lowest BCUT2D eigenvalue weighted by Crippen LogP contribution is -2.19. The van der Waals surface area contributed by atoms with Crippen molar-refractivity contribution in [1.82, 2.24) is 15.1 Å². The van der Waals surface area contributed by atoms with Gasteiger partial charge in [0.25, 0.3) is 0 Å². The minimum Gasteiger partial charge on any atom is -0.466 e. The van der Waals surface area contributed by atoms with E-state index in [1.807, 2.05) is 24.9 Å². The van der Waals surface area contributed by atoms with Crippen molar-refractivity contribution in [3.63, 3.8) is 0 Å². The Morgan fingerprint density at radius 2 is 2.28 bits per heavy atom. The third-order valence-corrected chi connectivity index (χ3v) is 2.61. The lowest BCUT2D eigenvalue weighted by atomic mass is 10.1. The van der Waals surface area contributed by atoms with Gasteiger partial charge in [-0.3, -0.25) is 9.48 Å². The summed E-state index contributed by atoms with van der Waals surface area (Å²) in [6.45, 7) is 7.88. The van der Waals surface area contributed by atoms with Crippen molar-refractivity contribution in [1.29, 1.82) is 0 Å². The summed E-state index contributed by atoms with van der Waals surface area (Å²) >= 11 is 0. The monoisotopic (exact) mass is 253 g/mol. The molecule has 18 heavy (non-hydrogen) atoms. The molecule has 0 fully saturated rings. The summed E-state index contributed by atoms with van der Waals surface area (Å²) in [4.78, 5) is 11.2. The molecule has 0 saturated carbocycles. The van der Waals surface area contributed by atoms with E-state index in [2.05, 4.69) is 24.3 Å². The van der Waals surface area contributed by atoms with Crippen LogP contribution < -0.4 is 5.32 Å². The largest absolute Gasteiger partial charge is 0.466 e. The van der Waals surface area contributed by atoms with E-state index in [-0.39, 0.29) is 5.97 Å². The van der Waals surface area contributed by atoms with Crippen LogP contribution in [0.15, 0.2) is 6.20 Å². The zero-order chi connectivity index (χ0) is 13.5. The van der Waals surface area contributed by atoms with Crippen LogP contribution >= 0.6 is 0 Å². The van der Waals surface area contributed by atoms with E-state index < -0.39 is 0 Å². The second-order valence-electron chi connectivity index (χ2n) is 4.60. The molecule has 102 valence electrons. The number of hydrogen-bond acceptors (Lipinski definition) is 4. The molecular weight excluding hydrogens is 230 g/mol. The Morgan fingerprint density at radius 3 is 2.89 bits per heavy atom. The van der Waals surface area contributed by atoms with Crippen LogP contribution in [0.5, 0.6) is 0 Å². The first-order valence-corrected chi connectivity index (χ1v) is 6.43. The Morgan fingerprint density at radius 1 is 1.56 bits per heavy atom. The fourth-order valence-electron chi connectivity index (χ4n) is 1.82. The number of nitrogens with one attached hydrogen (secondary N) is 1. The molecule has 0 radical (unpaired) electrons. The third-order valence-electron chi connectivity index (χ3n) is 2.61. The number of rotatable bonds is 7. The van der Waals surface area contributed by atoms with Gasteiger partial charge in [0, 0.05) is 31.9 Å². The fraction of sp³-hybridized carbons (Fsp3) is 0.692. The van der Waals surface area contributed by atoms with Gasteiger partial charge in [0.1, 0.15) is 0 Å². The average Bonchev–Trinajstić information content (AvgIpc) is 2.66. The van der Waals surface area contributed by atoms with Crippen molar-refractivity contribution in [3.05, 3.63) is 17.5 Å². The quantitative estimate of drug-likeness (QED) is 0.592. The van der Waals surface area contributed by atoms with Gasteiger partial charge in [-0.15, -0.1) is 0 Å². The Labute approximate surface area is 109 Å². The molecule has 1 aromatic heterocycles. The molecule has 0 amide bonds. The average molecular weight is 253 g/mol. The standard InChI is InChI=1S/C13H23N3O2/c1-5-18-12(17)6-7-14-8-11-9-16(4)15-13(11)10(2)3/h9-10,14H,5-8H2,1-4H3. The van der Waals surface area contributed by atoms with E-state index in [0.717, 1.165) is 12.2 Å². The van der Waals surface area contributed by atoms with Crippen LogP contribution in [0.2, 0.25) is 0 Å². The maximum atomic E-state index is 11.2. The van der Waals surface area contributed by atoms with Crippen molar-refractivity contribution in [3.8, 4) is 0 Å². The summed E-state index contributed by atoms with van der Waals surface area (Å²) in [5.74, 6) is 0.258. The number of carbonyl (C=O) groups is 1. The molecule has 0 aliphatic rings. The molecule has 0 aliphatic heterocycles. The number of nitrogens with zero attached hydrogens (tertiary/aromatic N) is 2. The van der Waals surface area contributed by atoms with Gasteiger partial charge in [-0.25, -0.2) is 0 Å². The van der Waals surface area contributed by atoms with Crippen LogP contribution in [-0.2, 0) is 23.1 Å². The Hall–Kier alpha value is -1.36. The van der Waals surface area contributed by atoms with Gasteiger partial charge >= 0.3 is 5.97 Å². The van der Waals surface area contributed by atoms with E-state index in [4.69, 9.17) is 4.74 Å². The molecular formula is C13H23N3O2. The van der Waals surface area contributed by atoms with Gasteiger partial charge in [0.05, 0.1) is 18.7 Å². The number of hydrogen-bond donors (Lipinski definition) is 1. The minimum absolute atomic E-state index is 0.153. The Bertz CT molecular complexity index is 386. The van der Waals surface area contributed by atoms with E-state index in [0.29, 0.717) is 25.5 Å². The topological polar surface area (TPSA) is 56.1 Å².